The van der Waals surface area contributed by atoms with Crippen LogP contribution < -0.4 is 5.32 Å². The predicted octanol–water partition coefficient (Wildman–Crippen LogP) is 3.72. The number of halogens is 1. The van der Waals surface area contributed by atoms with Gasteiger partial charge in [-0.1, -0.05) is 23.5 Å². The van der Waals surface area contributed by atoms with Crippen LogP contribution in [0.25, 0.3) is 11.3 Å². The monoisotopic (exact) mass is 353 g/mol. The number of anilines is 1. The number of aliphatic imine (C=N–C) groups is 1. The van der Waals surface area contributed by atoms with Gasteiger partial charge in [0.15, 0.2) is 5.13 Å². The lowest BCUT2D eigenvalue weighted by molar-refractivity contribution is -0.113. The van der Waals surface area contributed by atoms with E-state index in [1.54, 1.807) is 23.9 Å². The smallest absolute Gasteiger partial charge is 0.236 e. The number of rotatable bonds is 4. The summed E-state index contributed by atoms with van der Waals surface area (Å²) in [4.78, 5) is 20.5. The zero-order valence-electron chi connectivity index (χ0n) is 11.4. The SMILES string of the molecule is O=C(CSC1=NCCS1)Nc1nc(-c2ccc(F)cc2)cs1. The number of hydrogen-bond donors (Lipinski definition) is 1. The Hall–Kier alpha value is -1.38. The first-order chi connectivity index (χ1) is 10.7. The molecule has 114 valence electrons. The van der Waals surface area contributed by atoms with Gasteiger partial charge < -0.3 is 5.32 Å². The van der Waals surface area contributed by atoms with E-state index < -0.39 is 0 Å². The molecule has 3 rings (SSSR count). The summed E-state index contributed by atoms with van der Waals surface area (Å²) in [5.74, 6) is 0.951. The average Bonchev–Trinajstić information content (AvgIpc) is 3.17. The molecule has 0 saturated heterocycles. The summed E-state index contributed by atoms with van der Waals surface area (Å²) < 4.78 is 13.9. The first-order valence-electron chi connectivity index (χ1n) is 6.52. The zero-order valence-corrected chi connectivity index (χ0v) is 13.9. The molecule has 1 N–H and O–H groups in total. The summed E-state index contributed by atoms with van der Waals surface area (Å²) in [7, 11) is 0. The van der Waals surface area contributed by atoms with Crippen molar-refractivity contribution in [3.63, 3.8) is 0 Å². The quantitative estimate of drug-likeness (QED) is 0.910. The number of aromatic nitrogens is 1. The minimum absolute atomic E-state index is 0.0970. The van der Waals surface area contributed by atoms with E-state index in [4.69, 9.17) is 0 Å². The van der Waals surface area contributed by atoms with Gasteiger partial charge >= 0.3 is 0 Å². The maximum Gasteiger partial charge on any atom is 0.236 e. The molecule has 1 aliphatic heterocycles. The fraction of sp³-hybridized carbons (Fsp3) is 0.214. The van der Waals surface area contributed by atoms with Crippen molar-refractivity contribution in [2.45, 2.75) is 0 Å². The average molecular weight is 353 g/mol. The van der Waals surface area contributed by atoms with Gasteiger partial charge in [0.1, 0.15) is 10.2 Å². The van der Waals surface area contributed by atoms with E-state index in [1.165, 1.54) is 35.2 Å². The van der Waals surface area contributed by atoms with Crippen LogP contribution in [0.4, 0.5) is 9.52 Å². The Morgan fingerprint density at radius 2 is 2.18 bits per heavy atom. The molecule has 1 aromatic heterocycles. The number of hydrogen-bond acceptors (Lipinski definition) is 6. The topological polar surface area (TPSA) is 54.4 Å². The van der Waals surface area contributed by atoms with E-state index in [2.05, 4.69) is 15.3 Å². The fourth-order valence-corrected chi connectivity index (χ4v) is 4.31. The lowest BCUT2D eigenvalue weighted by atomic mass is 10.2. The Bertz CT molecular complexity index is 700. The molecule has 4 nitrogen and oxygen atoms in total. The standard InChI is InChI=1S/C14H12FN3OS3/c15-10-3-1-9(2-4-10)11-7-21-13(17-11)18-12(19)8-22-14-16-5-6-20-14/h1-4,7H,5-6,8H2,(H,17,18,19). The van der Waals surface area contributed by atoms with Crippen LogP contribution >= 0.6 is 34.9 Å². The minimum atomic E-state index is -0.280. The molecule has 0 saturated carbocycles. The Morgan fingerprint density at radius 3 is 2.91 bits per heavy atom. The number of thiazole rings is 1. The second kappa shape index (κ2) is 7.26. The van der Waals surface area contributed by atoms with Gasteiger partial charge in [0.25, 0.3) is 0 Å². The summed E-state index contributed by atoms with van der Waals surface area (Å²) in [5, 5.41) is 5.16. The van der Waals surface area contributed by atoms with Crippen LogP contribution in [0.5, 0.6) is 0 Å². The molecule has 2 aromatic rings. The Morgan fingerprint density at radius 1 is 1.36 bits per heavy atom. The van der Waals surface area contributed by atoms with Crippen LogP contribution in [0.15, 0.2) is 34.6 Å². The second-order valence-corrected chi connectivity index (χ2v) is 7.54. The summed E-state index contributed by atoms with van der Waals surface area (Å²) in [5.41, 5.74) is 1.55. The molecular weight excluding hydrogens is 341 g/mol. The van der Waals surface area contributed by atoms with Gasteiger partial charge in [-0.05, 0) is 24.3 Å². The normalized spacial score (nSPS) is 14.0. The van der Waals surface area contributed by atoms with Crippen molar-refractivity contribution < 1.29 is 9.18 Å². The third kappa shape index (κ3) is 4.08. The van der Waals surface area contributed by atoms with E-state index in [0.717, 1.165) is 27.9 Å². The zero-order chi connectivity index (χ0) is 15.4. The van der Waals surface area contributed by atoms with Gasteiger partial charge in [0.05, 0.1) is 18.0 Å². The largest absolute Gasteiger partial charge is 0.301 e. The van der Waals surface area contributed by atoms with Crippen LogP contribution in [-0.2, 0) is 4.79 Å². The lowest BCUT2D eigenvalue weighted by Crippen LogP contribution is -2.14. The number of carbonyl (C=O) groups excluding carboxylic acids is 1. The van der Waals surface area contributed by atoms with Crippen LogP contribution in [0.1, 0.15) is 0 Å². The van der Waals surface area contributed by atoms with Crippen LogP contribution in [0.2, 0.25) is 0 Å². The molecule has 0 spiro atoms. The van der Waals surface area contributed by atoms with E-state index in [1.807, 2.05) is 5.38 Å². The third-order valence-electron chi connectivity index (χ3n) is 2.77. The molecule has 1 amide bonds. The summed E-state index contributed by atoms with van der Waals surface area (Å²) in [6.45, 7) is 0.835. The molecule has 0 bridgehead atoms. The van der Waals surface area contributed by atoms with Gasteiger partial charge in [-0.3, -0.25) is 9.79 Å². The number of carbonyl (C=O) groups is 1. The number of benzene rings is 1. The highest BCUT2D eigenvalue weighted by molar-refractivity contribution is 8.39. The van der Waals surface area contributed by atoms with E-state index >= 15 is 0 Å². The highest BCUT2D eigenvalue weighted by Gasteiger charge is 2.12. The Kier molecular flexibility index (Phi) is 5.12. The second-order valence-electron chi connectivity index (χ2n) is 4.38. The first-order valence-corrected chi connectivity index (χ1v) is 9.37. The van der Waals surface area contributed by atoms with E-state index in [0.29, 0.717) is 10.9 Å². The predicted molar refractivity (Wildman–Crippen MR) is 93.4 cm³/mol. The number of nitrogens with one attached hydrogen (secondary N) is 1. The lowest BCUT2D eigenvalue weighted by Gasteiger charge is -2.01. The number of thioether (sulfide) groups is 2. The van der Waals surface area contributed by atoms with Crippen molar-refractivity contribution in [2.75, 3.05) is 23.4 Å². The molecular formula is C14H12FN3OS3. The van der Waals surface area contributed by atoms with Crippen molar-refractivity contribution in [2.24, 2.45) is 4.99 Å². The first kappa shape index (κ1) is 15.5. The van der Waals surface area contributed by atoms with Crippen molar-refractivity contribution in [1.29, 1.82) is 0 Å². The molecule has 1 aliphatic rings. The van der Waals surface area contributed by atoms with Crippen molar-refractivity contribution >= 4 is 50.3 Å². The number of amides is 1. The summed E-state index contributed by atoms with van der Waals surface area (Å²) >= 11 is 4.49. The molecule has 0 fully saturated rings. The molecule has 2 heterocycles. The molecule has 0 unspecified atom stereocenters. The van der Waals surface area contributed by atoms with Crippen molar-refractivity contribution in [3.8, 4) is 11.3 Å². The molecule has 1 aromatic carbocycles. The van der Waals surface area contributed by atoms with Crippen molar-refractivity contribution in [1.82, 2.24) is 4.98 Å². The molecule has 8 heteroatoms. The molecule has 0 radical (unpaired) electrons. The maximum absolute atomic E-state index is 12.9. The van der Waals surface area contributed by atoms with Crippen LogP contribution in [0, 0.1) is 5.82 Å². The summed E-state index contributed by atoms with van der Waals surface area (Å²) in [6.07, 6.45) is 0. The highest BCUT2D eigenvalue weighted by Crippen LogP contribution is 2.26. The van der Waals surface area contributed by atoms with Gasteiger partial charge in [0.2, 0.25) is 5.91 Å². The Labute approximate surface area is 139 Å². The van der Waals surface area contributed by atoms with Crippen molar-refractivity contribution in [3.05, 3.63) is 35.5 Å². The minimum Gasteiger partial charge on any atom is -0.301 e. The molecule has 22 heavy (non-hydrogen) atoms. The molecule has 0 atom stereocenters. The summed E-state index contributed by atoms with van der Waals surface area (Å²) in [6, 6.07) is 6.12. The fourth-order valence-electron chi connectivity index (χ4n) is 1.77. The van der Waals surface area contributed by atoms with E-state index in [-0.39, 0.29) is 11.7 Å². The highest BCUT2D eigenvalue weighted by atomic mass is 32.2. The van der Waals surface area contributed by atoms with Crippen LogP contribution in [0.3, 0.4) is 0 Å². The van der Waals surface area contributed by atoms with Gasteiger partial charge in [0, 0.05) is 16.7 Å². The number of nitrogens with zero attached hydrogens (tertiary/aromatic N) is 2. The maximum atomic E-state index is 12.9. The van der Waals surface area contributed by atoms with Gasteiger partial charge in [-0.2, -0.15) is 0 Å². The van der Waals surface area contributed by atoms with E-state index in [9.17, 15) is 9.18 Å². The van der Waals surface area contributed by atoms with Crippen LogP contribution in [-0.4, -0.2) is 33.3 Å². The molecule has 0 aliphatic carbocycles. The van der Waals surface area contributed by atoms with Gasteiger partial charge in [-0.25, -0.2) is 9.37 Å². The third-order valence-corrected chi connectivity index (χ3v) is 5.79. The Balaban J connectivity index is 1.56. The van der Waals surface area contributed by atoms with Gasteiger partial charge in [-0.15, -0.1) is 11.3 Å².